The van der Waals surface area contributed by atoms with E-state index in [2.05, 4.69) is 4.72 Å². The van der Waals surface area contributed by atoms with Gasteiger partial charge in [0.1, 0.15) is 0 Å². The number of hydrogen-bond acceptors (Lipinski definition) is 3. The Hall–Kier alpha value is -1.27. The Morgan fingerprint density at radius 2 is 2.24 bits per heavy atom. The molecule has 0 saturated carbocycles. The molecule has 0 fully saturated rings. The molecule has 3 N–H and O–H groups in total. The minimum absolute atomic E-state index is 0.385. The Kier molecular flexibility index (Phi) is 3.26. The molecule has 0 amide bonds. The lowest BCUT2D eigenvalue weighted by molar-refractivity contribution is 0.574. The summed E-state index contributed by atoms with van der Waals surface area (Å²) in [7, 11) is -3.44. The van der Waals surface area contributed by atoms with Gasteiger partial charge >= 0.3 is 10.2 Å². The van der Waals surface area contributed by atoms with Crippen molar-refractivity contribution in [3.05, 3.63) is 23.8 Å². The molecule has 0 saturated heterocycles. The molecule has 2 rings (SSSR count). The van der Waals surface area contributed by atoms with Crippen LogP contribution in [0.1, 0.15) is 18.9 Å². The van der Waals surface area contributed by atoms with Gasteiger partial charge in [-0.3, -0.25) is 4.31 Å². The van der Waals surface area contributed by atoms with E-state index in [1.165, 1.54) is 4.31 Å². The number of anilines is 2. The Balaban J connectivity index is 2.44. The van der Waals surface area contributed by atoms with E-state index in [1.54, 1.807) is 13.0 Å². The van der Waals surface area contributed by atoms with Gasteiger partial charge < -0.3 is 5.73 Å². The number of nitrogen functional groups attached to an aromatic ring is 1. The number of benzene rings is 1. The van der Waals surface area contributed by atoms with E-state index >= 15 is 0 Å². The largest absolute Gasteiger partial charge is 0.399 e. The minimum atomic E-state index is -3.44. The van der Waals surface area contributed by atoms with Crippen LogP contribution in [0.4, 0.5) is 11.4 Å². The number of hydrogen-bond donors (Lipinski definition) is 2. The summed E-state index contributed by atoms with van der Waals surface area (Å²) in [5, 5.41) is 0. The lowest BCUT2D eigenvalue weighted by Gasteiger charge is -2.30. The molecule has 0 spiro atoms. The molecule has 17 heavy (non-hydrogen) atoms. The highest BCUT2D eigenvalue weighted by atomic mass is 32.2. The lowest BCUT2D eigenvalue weighted by atomic mass is 10.0. The Morgan fingerprint density at radius 1 is 1.47 bits per heavy atom. The molecule has 1 aromatic carbocycles. The topological polar surface area (TPSA) is 75.4 Å². The highest BCUT2D eigenvalue weighted by Gasteiger charge is 2.26. The maximum absolute atomic E-state index is 12.0. The summed E-state index contributed by atoms with van der Waals surface area (Å²) in [4.78, 5) is 0. The molecule has 5 nitrogen and oxygen atoms in total. The van der Waals surface area contributed by atoms with Crippen molar-refractivity contribution in [1.29, 1.82) is 0 Å². The molecule has 1 heterocycles. The Labute approximate surface area is 102 Å². The molecule has 94 valence electrons. The van der Waals surface area contributed by atoms with Crippen LogP contribution >= 0.6 is 0 Å². The number of nitrogens with zero attached hydrogens (tertiary/aromatic N) is 1. The van der Waals surface area contributed by atoms with Crippen LogP contribution in [0.25, 0.3) is 0 Å². The van der Waals surface area contributed by atoms with E-state index in [4.69, 9.17) is 5.73 Å². The minimum Gasteiger partial charge on any atom is -0.399 e. The van der Waals surface area contributed by atoms with Gasteiger partial charge in [0, 0.05) is 18.8 Å². The second-order valence-corrected chi connectivity index (χ2v) is 5.75. The molecule has 0 atom stereocenters. The normalized spacial score (nSPS) is 15.7. The highest BCUT2D eigenvalue weighted by Crippen LogP contribution is 2.30. The number of fused-ring (bicyclic) bond motifs is 1. The average molecular weight is 255 g/mol. The maximum atomic E-state index is 12.0. The summed E-state index contributed by atoms with van der Waals surface area (Å²) in [5.74, 6) is 0. The van der Waals surface area contributed by atoms with Gasteiger partial charge in [0.25, 0.3) is 0 Å². The monoisotopic (exact) mass is 255 g/mol. The SMILES string of the molecule is CCNS(=O)(=O)N1CCCc2ccc(N)cc21. The van der Waals surface area contributed by atoms with Gasteiger partial charge in [0.05, 0.1) is 5.69 Å². The van der Waals surface area contributed by atoms with Crippen molar-refractivity contribution < 1.29 is 8.42 Å². The summed E-state index contributed by atoms with van der Waals surface area (Å²) in [6.45, 7) is 2.66. The van der Waals surface area contributed by atoms with Crippen molar-refractivity contribution in [3.8, 4) is 0 Å². The number of rotatable bonds is 3. The van der Waals surface area contributed by atoms with Gasteiger partial charge in [0.15, 0.2) is 0 Å². The van der Waals surface area contributed by atoms with Crippen molar-refractivity contribution in [3.63, 3.8) is 0 Å². The molecule has 0 radical (unpaired) electrons. The van der Waals surface area contributed by atoms with Crippen LogP contribution in [-0.4, -0.2) is 21.5 Å². The first-order valence-corrected chi connectivity index (χ1v) is 7.14. The van der Waals surface area contributed by atoms with E-state index in [0.29, 0.717) is 24.5 Å². The van der Waals surface area contributed by atoms with Crippen LogP contribution < -0.4 is 14.8 Å². The third-order valence-corrected chi connectivity index (χ3v) is 4.42. The molecular formula is C11H17N3O2S. The summed E-state index contributed by atoms with van der Waals surface area (Å²) in [5.41, 5.74) is 8.04. The fourth-order valence-corrected chi connectivity index (χ4v) is 3.39. The van der Waals surface area contributed by atoms with Crippen LogP contribution in [0, 0.1) is 0 Å². The molecular weight excluding hydrogens is 238 g/mol. The highest BCUT2D eigenvalue weighted by molar-refractivity contribution is 7.90. The van der Waals surface area contributed by atoms with Crippen LogP contribution in [-0.2, 0) is 16.6 Å². The van der Waals surface area contributed by atoms with Crippen LogP contribution in [0.5, 0.6) is 0 Å². The van der Waals surface area contributed by atoms with Crippen molar-refractivity contribution in [2.24, 2.45) is 0 Å². The Bertz CT molecular complexity index is 513. The average Bonchev–Trinajstić information content (AvgIpc) is 2.28. The standard InChI is InChI=1S/C11H17N3O2S/c1-2-13-17(15,16)14-7-3-4-9-5-6-10(12)8-11(9)14/h5-6,8,13H,2-4,7,12H2,1H3. The smallest absolute Gasteiger partial charge is 0.301 e. The lowest BCUT2D eigenvalue weighted by Crippen LogP contribution is -2.43. The molecule has 0 aliphatic carbocycles. The van der Waals surface area contributed by atoms with E-state index in [0.717, 1.165) is 18.4 Å². The number of nitrogens with two attached hydrogens (primary N) is 1. The zero-order valence-corrected chi connectivity index (χ0v) is 10.6. The zero-order chi connectivity index (χ0) is 12.5. The van der Waals surface area contributed by atoms with Gasteiger partial charge in [-0.25, -0.2) is 0 Å². The molecule has 1 aliphatic heterocycles. The van der Waals surface area contributed by atoms with Crippen LogP contribution in [0.2, 0.25) is 0 Å². The molecule has 0 aromatic heterocycles. The fourth-order valence-electron chi connectivity index (χ4n) is 2.07. The predicted molar refractivity (Wildman–Crippen MR) is 69.1 cm³/mol. The zero-order valence-electron chi connectivity index (χ0n) is 9.81. The van der Waals surface area contributed by atoms with Gasteiger partial charge in [-0.1, -0.05) is 13.0 Å². The number of aryl methyl sites for hydroxylation is 1. The van der Waals surface area contributed by atoms with Crippen molar-refractivity contribution in [2.75, 3.05) is 23.1 Å². The van der Waals surface area contributed by atoms with E-state index in [9.17, 15) is 8.42 Å². The van der Waals surface area contributed by atoms with E-state index < -0.39 is 10.2 Å². The van der Waals surface area contributed by atoms with Crippen molar-refractivity contribution in [1.82, 2.24) is 4.72 Å². The van der Waals surface area contributed by atoms with E-state index in [-0.39, 0.29) is 0 Å². The maximum Gasteiger partial charge on any atom is 0.301 e. The first-order valence-electron chi connectivity index (χ1n) is 5.70. The molecule has 1 aromatic rings. The second-order valence-electron chi connectivity index (χ2n) is 4.07. The molecule has 0 bridgehead atoms. The summed E-state index contributed by atoms with van der Waals surface area (Å²) >= 11 is 0. The van der Waals surface area contributed by atoms with Crippen LogP contribution in [0.15, 0.2) is 18.2 Å². The van der Waals surface area contributed by atoms with Crippen molar-refractivity contribution >= 4 is 21.6 Å². The summed E-state index contributed by atoms with van der Waals surface area (Å²) in [6.07, 6.45) is 1.73. The Morgan fingerprint density at radius 3 is 2.94 bits per heavy atom. The molecule has 0 unspecified atom stereocenters. The fraction of sp³-hybridized carbons (Fsp3) is 0.455. The predicted octanol–water partition coefficient (Wildman–Crippen LogP) is 0.876. The van der Waals surface area contributed by atoms with Gasteiger partial charge in [-0.15, -0.1) is 0 Å². The summed E-state index contributed by atoms with van der Waals surface area (Å²) in [6, 6.07) is 5.43. The van der Waals surface area contributed by atoms with Crippen LogP contribution in [0.3, 0.4) is 0 Å². The number of nitrogens with one attached hydrogen (secondary N) is 1. The molecule has 6 heteroatoms. The summed E-state index contributed by atoms with van der Waals surface area (Å²) < 4.78 is 28.0. The van der Waals surface area contributed by atoms with Gasteiger partial charge in [0.2, 0.25) is 0 Å². The van der Waals surface area contributed by atoms with Crippen molar-refractivity contribution in [2.45, 2.75) is 19.8 Å². The first-order chi connectivity index (χ1) is 8.04. The third-order valence-electron chi connectivity index (χ3n) is 2.80. The third kappa shape index (κ3) is 2.37. The van der Waals surface area contributed by atoms with E-state index in [1.807, 2.05) is 12.1 Å². The first kappa shape index (κ1) is 12.2. The molecule has 1 aliphatic rings. The second kappa shape index (κ2) is 4.54. The quantitative estimate of drug-likeness (QED) is 0.787. The van der Waals surface area contributed by atoms with Gasteiger partial charge in [-0.05, 0) is 30.5 Å². The van der Waals surface area contributed by atoms with Gasteiger partial charge in [-0.2, -0.15) is 13.1 Å².